The van der Waals surface area contributed by atoms with Crippen LogP contribution in [0.2, 0.25) is 5.02 Å². The van der Waals surface area contributed by atoms with Crippen molar-refractivity contribution in [3.8, 4) is 0 Å². The molecule has 3 heteroatoms. The molecule has 0 radical (unpaired) electrons. The van der Waals surface area contributed by atoms with Gasteiger partial charge in [-0.15, -0.1) is 0 Å². The van der Waals surface area contributed by atoms with Crippen molar-refractivity contribution in [1.29, 1.82) is 0 Å². The van der Waals surface area contributed by atoms with Gasteiger partial charge in [-0.3, -0.25) is 0 Å². The third-order valence-corrected chi connectivity index (χ3v) is 2.95. The Morgan fingerprint density at radius 2 is 1.94 bits per heavy atom. The van der Waals surface area contributed by atoms with Gasteiger partial charge < -0.3 is 10.6 Å². The normalized spacial score (nSPS) is 11.6. The van der Waals surface area contributed by atoms with E-state index in [0.717, 1.165) is 29.2 Å². The third kappa shape index (κ3) is 4.57. The molecule has 17 heavy (non-hydrogen) atoms. The van der Waals surface area contributed by atoms with Crippen LogP contribution < -0.4 is 10.6 Å². The number of benzene rings is 1. The maximum atomic E-state index is 6.24. The summed E-state index contributed by atoms with van der Waals surface area (Å²) >= 11 is 6.24. The Bertz CT molecular complexity index is 369. The molecule has 0 aliphatic rings. The molecule has 96 valence electrons. The average molecular weight is 255 g/mol. The van der Waals surface area contributed by atoms with Gasteiger partial charge >= 0.3 is 0 Å². The highest BCUT2D eigenvalue weighted by atomic mass is 35.5. The van der Waals surface area contributed by atoms with Gasteiger partial charge in [0.1, 0.15) is 0 Å². The van der Waals surface area contributed by atoms with E-state index in [1.54, 1.807) is 0 Å². The van der Waals surface area contributed by atoms with Crippen LogP contribution >= 0.6 is 11.6 Å². The minimum absolute atomic E-state index is 0.275. The molecule has 0 atom stereocenters. The number of nitrogens with two attached hydrogens (primary N) is 1. The molecule has 0 spiro atoms. The topological polar surface area (TPSA) is 29.3 Å². The van der Waals surface area contributed by atoms with Crippen LogP contribution in [0.5, 0.6) is 0 Å². The third-order valence-electron chi connectivity index (χ3n) is 2.60. The van der Waals surface area contributed by atoms with Crippen LogP contribution in [0.4, 0.5) is 5.69 Å². The highest BCUT2D eigenvalue weighted by Crippen LogP contribution is 2.25. The lowest BCUT2D eigenvalue weighted by atomic mass is 9.96. The number of anilines is 1. The molecule has 2 nitrogen and oxygen atoms in total. The molecule has 0 aromatic heterocycles. The molecule has 1 aromatic carbocycles. The lowest BCUT2D eigenvalue weighted by Crippen LogP contribution is -2.29. The van der Waals surface area contributed by atoms with Crippen molar-refractivity contribution >= 4 is 17.3 Å². The van der Waals surface area contributed by atoms with Crippen LogP contribution in [-0.4, -0.2) is 20.1 Å². The van der Waals surface area contributed by atoms with Crippen LogP contribution in [0.3, 0.4) is 0 Å². The Hall–Kier alpha value is -0.730. The second kappa shape index (κ2) is 5.74. The van der Waals surface area contributed by atoms with Gasteiger partial charge in [-0.25, -0.2) is 0 Å². The predicted octanol–water partition coefficient (Wildman–Crippen LogP) is 3.32. The molecule has 0 unspecified atom stereocenters. The van der Waals surface area contributed by atoms with E-state index in [2.05, 4.69) is 44.9 Å². The second-order valence-corrected chi connectivity index (χ2v) is 6.14. The molecule has 0 fully saturated rings. The standard InChI is InChI=1S/C14H23ClN2/c1-14(2,3)10-17(4)12-6-5-11(7-8-16)13(15)9-12/h5-6,9H,7-8,10,16H2,1-4H3. The molecule has 0 amide bonds. The molecule has 0 bridgehead atoms. The Balaban J connectivity index is 2.82. The van der Waals surface area contributed by atoms with Gasteiger partial charge in [-0.1, -0.05) is 38.4 Å². The first-order chi connectivity index (χ1) is 7.83. The summed E-state index contributed by atoms with van der Waals surface area (Å²) in [6, 6.07) is 6.21. The zero-order valence-corrected chi connectivity index (χ0v) is 12.0. The Kier molecular flexibility index (Phi) is 4.84. The van der Waals surface area contributed by atoms with Gasteiger partial charge in [0, 0.05) is 24.3 Å². The lowest BCUT2D eigenvalue weighted by molar-refractivity contribution is 0.419. The Labute approximate surface area is 110 Å². The molecule has 0 aliphatic carbocycles. The minimum Gasteiger partial charge on any atom is -0.374 e. The summed E-state index contributed by atoms with van der Waals surface area (Å²) in [5.74, 6) is 0. The molecule has 0 heterocycles. The molecule has 0 saturated heterocycles. The van der Waals surface area contributed by atoms with Crippen molar-refractivity contribution < 1.29 is 0 Å². The molecule has 1 rings (SSSR count). The summed E-state index contributed by atoms with van der Waals surface area (Å²) in [5.41, 5.74) is 8.10. The first-order valence-electron chi connectivity index (χ1n) is 6.03. The number of hydrogen-bond acceptors (Lipinski definition) is 2. The Morgan fingerprint density at radius 3 is 2.41 bits per heavy atom. The van der Waals surface area contributed by atoms with Gasteiger partial charge in [0.25, 0.3) is 0 Å². The van der Waals surface area contributed by atoms with Gasteiger partial charge in [0.15, 0.2) is 0 Å². The summed E-state index contributed by atoms with van der Waals surface area (Å²) in [6.07, 6.45) is 0.835. The first kappa shape index (κ1) is 14.3. The lowest BCUT2D eigenvalue weighted by Gasteiger charge is -2.28. The van der Waals surface area contributed by atoms with Gasteiger partial charge in [0.05, 0.1) is 0 Å². The number of halogens is 1. The van der Waals surface area contributed by atoms with E-state index in [0.29, 0.717) is 6.54 Å². The van der Waals surface area contributed by atoms with Crippen molar-refractivity contribution in [2.24, 2.45) is 11.1 Å². The second-order valence-electron chi connectivity index (χ2n) is 5.73. The molecule has 0 aliphatic heterocycles. The first-order valence-corrected chi connectivity index (χ1v) is 6.41. The van der Waals surface area contributed by atoms with Crippen molar-refractivity contribution in [2.45, 2.75) is 27.2 Å². The van der Waals surface area contributed by atoms with Crippen LogP contribution in [0.1, 0.15) is 26.3 Å². The van der Waals surface area contributed by atoms with E-state index < -0.39 is 0 Å². The molecular formula is C14H23ClN2. The van der Waals surface area contributed by atoms with Crippen LogP contribution in [0, 0.1) is 5.41 Å². The fourth-order valence-electron chi connectivity index (χ4n) is 1.93. The van der Waals surface area contributed by atoms with E-state index in [4.69, 9.17) is 17.3 Å². The van der Waals surface area contributed by atoms with E-state index in [-0.39, 0.29) is 5.41 Å². The molecular weight excluding hydrogens is 232 g/mol. The summed E-state index contributed by atoms with van der Waals surface area (Å²) in [4.78, 5) is 2.23. The van der Waals surface area contributed by atoms with E-state index in [1.807, 2.05) is 6.07 Å². The number of rotatable bonds is 4. The monoisotopic (exact) mass is 254 g/mol. The van der Waals surface area contributed by atoms with Crippen molar-refractivity contribution in [3.63, 3.8) is 0 Å². The van der Waals surface area contributed by atoms with Gasteiger partial charge in [-0.05, 0) is 36.1 Å². The van der Waals surface area contributed by atoms with Gasteiger partial charge in [0.2, 0.25) is 0 Å². The average Bonchev–Trinajstić information content (AvgIpc) is 2.18. The smallest absolute Gasteiger partial charge is 0.0459 e. The van der Waals surface area contributed by atoms with E-state index >= 15 is 0 Å². The highest BCUT2D eigenvalue weighted by Gasteiger charge is 2.14. The molecule has 0 saturated carbocycles. The highest BCUT2D eigenvalue weighted by molar-refractivity contribution is 6.31. The van der Waals surface area contributed by atoms with Crippen LogP contribution in [0.25, 0.3) is 0 Å². The van der Waals surface area contributed by atoms with E-state index in [9.17, 15) is 0 Å². The summed E-state index contributed by atoms with van der Waals surface area (Å²) in [7, 11) is 2.10. The molecule has 1 aromatic rings. The zero-order valence-electron chi connectivity index (χ0n) is 11.3. The van der Waals surface area contributed by atoms with Crippen molar-refractivity contribution in [2.75, 3.05) is 25.0 Å². The quantitative estimate of drug-likeness (QED) is 0.893. The van der Waals surface area contributed by atoms with Crippen molar-refractivity contribution in [1.82, 2.24) is 0 Å². The Morgan fingerprint density at radius 1 is 1.29 bits per heavy atom. The zero-order chi connectivity index (χ0) is 13.1. The summed E-state index contributed by atoms with van der Waals surface area (Å²) < 4.78 is 0. The summed E-state index contributed by atoms with van der Waals surface area (Å²) in [5, 5.41) is 0.814. The molecule has 2 N–H and O–H groups in total. The largest absolute Gasteiger partial charge is 0.374 e. The van der Waals surface area contributed by atoms with Crippen LogP contribution in [-0.2, 0) is 6.42 Å². The number of hydrogen-bond donors (Lipinski definition) is 1. The van der Waals surface area contributed by atoms with Crippen LogP contribution in [0.15, 0.2) is 18.2 Å². The van der Waals surface area contributed by atoms with E-state index in [1.165, 1.54) is 0 Å². The maximum absolute atomic E-state index is 6.24. The maximum Gasteiger partial charge on any atom is 0.0459 e. The van der Waals surface area contributed by atoms with Gasteiger partial charge in [-0.2, -0.15) is 0 Å². The van der Waals surface area contributed by atoms with Crippen molar-refractivity contribution in [3.05, 3.63) is 28.8 Å². The SMILES string of the molecule is CN(CC(C)(C)C)c1ccc(CCN)c(Cl)c1. The minimum atomic E-state index is 0.275. The fourth-order valence-corrected chi connectivity index (χ4v) is 2.20. The fraction of sp³-hybridized carbons (Fsp3) is 0.571. The summed E-state index contributed by atoms with van der Waals surface area (Å²) in [6.45, 7) is 8.33. The predicted molar refractivity (Wildman–Crippen MR) is 76.9 cm³/mol. The number of nitrogens with zero attached hydrogens (tertiary/aromatic N) is 1.